The molecule has 5 heteroatoms. The monoisotopic (exact) mass is 325 g/mol. The zero-order valence-corrected chi connectivity index (χ0v) is 13.2. The molecule has 1 aromatic heterocycles. The molecule has 4 rings (SSSR count). The number of H-pyrrole nitrogens is 1. The molecule has 2 aromatic carbocycles. The van der Waals surface area contributed by atoms with E-state index >= 15 is 0 Å². The summed E-state index contributed by atoms with van der Waals surface area (Å²) in [5.41, 5.74) is 2.36. The van der Waals surface area contributed by atoms with E-state index in [4.69, 9.17) is 11.6 Å². The van der Waals surface area contributed by atoms with Crippen molar-refractivity contribution >= 4 is 34.1 Å². The molecule has 0 radical (unpaired) electrons. The second-order valence-electron chi connectivity index (χ2n) is 6.07. The first-order valence-corrected chi connectivity index (χ1v) is 8.06. The van der Waals surface area contributed by atoms with E-state index in [1.54, 1.807) is 6.20 Å². The Balaban J connectivity index is 1.62. The molecule has 0 atom stereocenters. The average Bonchev–Trinajstić information content (AvgIpc) is 2.95. The lowest BCUT2D eigenvalue weighted by atomic mass is 9.64. The topological polar surface area (TPSA) is 57.8 Å². The summed E-state index contributed by atoms with van der Waals surface area (Å²) in [6.07, 6.45) is 4.56. The number of rotatable bonds is 3. The van der Waals surface area contributed by atoms with E-state index < -0.39 is 5.41 Å². The van der Waals surface area contributed by atoms with Gasteiger partial charge in [-0.1, -0.05) is 30.2 Å². The standard InChI is InChI=1S/C18H16ClN3O/c19-14-4-2-13(3-5-14)18(8-1-9-18)17(23)21-15-6-7-16-12(10-15)11-20-22-16/h2-7,10-11H,1,8-9H2,(H,20,22)(H,21,23). The molecule has 0 aliphatic heterocycles. The first kappa shape index (κ1) is 14.3. The summed E-state index contributed by atoms with van der Waals surface area (Å²) in [4.78, 5) is 12.9. The number of halogens is 1. The summed E-state index contributed by atoms with van der Waals surface area (Å²) in [7, 11) is 0. The number of aromatic amines is 1. The van der Waals surface area contributed by atoms with Crippen molar-refractivity contribution in [1.82, 2.24) is 10.2 Å². The molecule has 1 aliphatic rings. The van der Waals surface area contributed by atoms with E-state index in [9.17, 15) is 4.79 Å². The fourth-order valence-electron chi connectivity index (χ4n) is 3.22. The van der Waals surface area contributed by atoms with E-state index in [1.165, 1.54) is 0 Å². The van der Waals surface area contributed by atoms with Crippen molar-refractivity contribution in [2.24, 2.45) is 0 Å². The third-order valence-corrected chi connectivity index (χ3v) is 4.99. The van der Waals surface area contributed by atoms with Crippen LogP contribution in [-0.4, -0.2) is 16.1 Å². The van der Waals surface area contributed by atoms with Gasteiger partial charge in [-0.05, 0) is 48.7 Å². The summed E-state index contributed by atoms with van der Waals surface area (Å²) >= 11 is 5.97. The van der Waals surface area contributed by atoms with Crippen LogP contribution in [0.15, 0.2) is 48.7 Å². The van der Waals surface area contributed by atoms with Gasteiger partial charge in [0.15, 0.2) is 0 Å². The molecule has 116 valence electrons. The minimum absolute atomic E-state index is 0.0499. The molecule has 1 amide bonds. The predicted molar refractivity (Wildman–Crippen MR) is 91.7 cm³/mol. The molecule has 0 bridgehead atoms. The Kier molecular flexibility index (Phi) is 3.34. The van der Waals surface area contributed by atoms with Crippen molar-refractivity contribution in [1.29, 1.82) is 0 Å². The smallest absolute Gasteiger partial charge is 0.235 e. The molecule has 0 spiro atoms. The van der Waals surface area contributed by atoms with Gasteiger partial charge in [-0.25, -0.2) is 0 Å². The number of carbonyl (C=O) groups is 1. The van der Waals surface area contributed by atoms with E-state index in [2.05, 4.69) is 15.5 Å². The predicted octanol–water partition coefficient (Wildman–Crippen LogP) is 4.28. The first-order chi connectivity index (χ1) is 11.2. The summed E-state index contributed by atoms with van der Waals surface area (Å²) in [6.45, 7) is 0. The lowest BCUT2D eigenvalue weighted by Crippen LogP contribution is -2.45. The average molecular weight is 326 g/mol. The van der Waals surface area contributed by atoms with Gasteiger partial charge in [0.2, 0.25) is 5.91 Å². The van der Waals surface area contributed by atoms with E-state index in [0.29, 0.717) is 5.02 Å². The summed E-state index contributed by atoms with van der Waals surface area (Å²) in [5.74, 6) is 0.0499. The SMILES string of the molecule is O=C(Nc1ccc2[nH]ncc2c1)C1(c2ccc(Cl)cc2)CCC1. The Bertz CT molecular complexity index is 865. The van der Waals surface area contributed by atoms with Crippen LogP contribution < -0.4 is 5.32 Å². The van der Waals surface area contributed by atoms with Crippen LogP contribution in [0.1, 0.15) is 24.8 Å². The molecule has 23 heavy (non-hydrogen) atoms. The molecular formula is C18H16ClN3O. The van der Waals surface area contributed by atoms with Gasteiger partial charge in [-0.15, -0.1) is 0 Å². The maximum atomic E-state index is 12.9. The number of nitrogens with one attached hydrogen (secondary N) is 2. The van der Waals surface area contributed by atoms with Crippen LogP contribution in [-0.2, 0) is 10.2 Å². The number of amides is 1. The Labute approximate surface area is 138 Å². The minimum Gasteiger partial charge on any atom is -0.325 e. The molecule has 0 unspecified atom stereocenters. The Morgan fingerprint density at radius 2 is 1.96 bits per heavy atom. The van der Waals surface area contributed by atoms with Crippen molar-refractivity contribution in [3.8, 4) is 0 Å². The zero-order valence-electron chi connectivity index (χ0n) is 12.5. The van der Waals surface area contributed by atoms with E-state index in [1.807, 2.05) is 42.5 Å². The number of aromatic nitrogens is 2. The number of benzene rings is 2. The molecule has 3 aromatic rings. The lowest BCUT2D eigenvalue weighted by Gasteiger charge is -2.40. The maximum absolute atomic E-state index is 12.9. The van der Waals surface area contributed by atoms with Gasteiger partial charge in [-0.2, -0.15) is 5.10 Å². The van der Waals surface area contributed by atoms with Gasteiger partial charge in [-0.3, -0.25) is 9.89 Å². The Morgan fingerprint density at radius 3 is 2.65 bits per heavy atom. The molecular weight excluding hydrogens is 310 g/mol. The van der Waals surface area contributed by atoms with Crippen LogP contribution in [0.5, 0.6) is 0 Å². The van der Waals surface area contributed by atoms with E-state index in [-0.39, 0.29) is 5.91 Å². The number of fused-ring (bicyclic) bond motifs is 1. The third-order valence-electron chi connectivity index (χ3n) is 4.74. The number of carbonyl (C=O) groups excluding carboxylic acids is 1. The third kappa shape index (κ3) is 2.39. The summed E-state index contributed by atoms with van der Waals surface area (Å²) in [5, 5.41) is 11.7. The number of hydrogen-bond donors (Lipinski definition) is 2. The van der Waals surface area contributed by atoms with Crippen LogP contribution >= 0.6 is 11.6 Å². The fourth-order valence-corrected chi connectivity index (χ4v) is 3.34. The van der Waals surface area contributed by atoms with Gasteiger partial charge in [0.25, 0.3) is 0 Å². The first-order valence-electron chi connectivity index (χ1n) is 7.68. The largest absolute Gasteiger partial charge is 0.325 e. The summed E-state index contributed by atoms with van der Waals surface area (Å²) < 4.78 is 0. The van der Waals surface area contributed by atoms with Gasteiger partial charge < -0.3 is 5.32 Å². The van der Waals surface area contributed by atoms with Crippen molar-refractivity contribution in [2.75, 3.05) is 5.32 Å². The second-order valence-corrected chi connectivity index (χ2v) is 6.51. The van der Waals surface area contributed by atoms with Crippen molar-refractivity contribution in [3.05, 3.63) is 59.2 Å². The highest BCUT2D eigenvalue weighted by molar-refractivity contribution is 6.30. The van der Waals surface area contributed by atoms with Crippen molar-refractivity contribution in [2.45, 2.75) is 24.7 Å². The van der Waals surface area contributed by atoms with Crippen LogP contribution in [0.3, 0.4) is 0 Å². The normalized spacial score (nSPS) is 16.0. The van der Waals surface area contributed by atoms with Crippen LogP contribution in [0.25, 0.3) is 10.9 Å². The van der Waals surface area contributed by atoms with Crippen molar-refractivity contribution in [3.63, 3.8) is 0 Å². The molecule has 1 aliphatic carbocycles. The highest BCUT2D eigenvalue weighted by Gasteiger charge is 2.45. The fraction of sp³-hybridized carbons (Fsp3) is 0.222. The Hall–Kier alpha value is -2.33. The van der Waals surface area contributed by atoms with Gasteiger partial charge >= 0.3 is 0 Å². The highest BCUT2D eigenvalue weighted by atomic mass is 35.5. The molecule has 1 fully saturated rings. The minimum atomic E-state index is -0.435. The van der Waals surface area contributed by atoms with Gasteiger partial charge in [0.1, 0.15) is 0 Å². The maximum Gasteiger partial charge on any atom is 0.235 e. The van der Waals surface area contributed by atoms with Crippen LogP contribution in [0.4, 0.5) is 5.69 Å². The zero-order chi connectivity index (χ0) is 15.9. The summed E-state index contributed by atoms with van der Waals surface area (Å²) in [6, 6.07) is 13.4. The molecule has 1 saturated carbocycles. The quantitative estimate of drug-likeness (QED) is 0.755. The second kappa shape index (κ2) is 5.39. The van der Waals surface area contributed by atoms with Crippen LogP contribution in [0, 0.1) is 0 Å². The molecule has 0 saturated heterocycles. The molecule has 1 heterocycles. The van der Waals surface area contributed by atoms with Crippen molar-refractivity contribution < 1.29 is 4.79 Å². The highest BCUT2D eigenvalue weighted by Crippen LogP contribution is 2.44. The van der Waals surface area contributed by atoms with E-state index in [0.717, 1.165) is 41.4 Å². The Morgan fingerprint density at radius 1 is 1.17 bits per heavy atom. The lowest BCUT2D eigenvalue weighted by molar-refractivity contribution is -0.124. The van der Waals surface area contributed by atoms with Gasteiger partial charge in [0, 0.05) is 16.1 Å². The number of hydrogen-bond acceptors (Lipinski definition) is 2. The molecule has 4 nitrogen and oxygen atoms in total. The van der Waals surface area contributed by atoms with Crippen LogP contribution in [0.2, 0.25) is 5.02 Å². The number of anilines is 1. The number of nitrogens with zero attached hydrogens (tertiary/aromatic N) is 1. The van der Waals surface area contributed by atoms with Gasteiger partial charge in [0.05, 0.1) is 17.1 Å². The molecule has 2 N–H and O–H groups in total.